The van der Waals surface area contributed by atoms with Crippen molar-refractivity contribution in [3.8, 4) is 0 Å². The minimum Gasteiger partial charge on any atom is -0.394 e. The molecule has 0 spiro atoms. The normalized spacial score (nSPS) is 19.8. The molecular formula is C12H24N2O2. The second kappa shape index (κ2) is 6.86. The third-order valence-corrected chi connectivity index (χ3v) is 3.28. The summed E-state index contributed by atoms with van der Waals surface area (Å²) in [6.45, 7) is 6.07. The first-order valence-electron chi connectivity index (χ1n) is 6.24. The lowest BCUT2D eigenvalue weighted by molar-refractivity contribution is -0.123. The Morgan fingerprint density at radius 1 is 1.44 bits per heavy atom. The summed E-state index contributed by atoms with van der Waals surface area (Å²) < 4.78 is 0. The molecule has 1 saturated heterocycles. The largest absolute Gasteiger partial charge is 0.394 e. The maximum atomic E-state index is 11.7. The van der Waals surface area contributed by atoms with E-state index in [4.69, 9.17) is 5.11 Å². The summed E-state index contributed by atoms with van der Waals surface area (Å²) in [5.41, 5.74) is 0. The number of amides is 1. The monoisotopic (exact) mass is 228 g/mol. The van der Waals surface area contributed by atoms with Crippen LogP contribution in [0.2, 0.25) is 0 Å². The molecule has 1 heterocycles. The topological polar surface area (TPSA) is 61.4 Å². The Hall–Kier alpha value is -0.610. The fourth-order valence-electron chi connectivity index (χ4n) is 2.04. The van der Waals surface area contributed by atoms with Gasteiger partial charge in [-0.1, -0.05) is 13.8 Å². The van der Waals surface area contributed by atoms with Gasteiger partial charge in [0.15, 0.2) is 0 Å². The van der Waals surface area contributed by atoms with E-state index < -0.39 is 0 Å². The Labute approximate surface area is 97.8 Å². The van der Waals surface area contributed by atoms with Crippen LogP contribution in [0.5, 0.6) is 0 Å². The maximum Gasteiger partial charge on any atom is 0.220 e. The van der Waals surface area contributed by atoms with Gasteiger partial charge in [0, 0.05) is 6.42 Å². The standard InChI is InChI=1S/C12H24N2O2/c1-9(2)11(8-15)14-12(16)7-10-3-5-13-6-4-10/h9-11,13,15H,3-8H2,1-2H3,(H,14,16). The number of aliphatic hydroxyl groups excluding tert-OH is 1. The van der Waals surface area contributed by atoms with Gasteiger partial charge in [0.25, 0.3) is 0 Å². The number of rotatable bonds is 5. The molecule has 0 aromatic carbocycles. The second-order valence-corrected chi connectivity index (χ2v) is 5.00. The molecule has 1 rings (SSSR count). The van der Waals surface area contributed by atoms with Crippen LogP contribution in [0.3, 0.4) is 0 Å². The van der Waals surface area contributed by atoms with Crippen molar-refractivity contribution in [1.82, 2.24) is 10.6 Å². The minimum absolute atomic E-state index is 0.0234. The smallest absolute Gasteiger partial charge is 0.220 e. The Balaban J connectivity index is 2.28. The van der Waals surface area contributed by atoms with Gasteiger partial charge in [-0.25, -0.2) is 0 Å². The summed E-state index contributed by atoms with van der Waals surface area (Å²) in [4.78, 5) is 11.7. The van der Waals surface area contributed by atoms with E-state index in [1.807, 2.05) is 13.8 Å². The van der Waals surface area contributed by atoms with Crippen LogP contribution >= 0.6 is 0 Å². The van der Waals surface area contributed by atoms with Gasteiger partial charge in [-0.15, -0.1) is 0 Å². The summed E-state index contributed by atoms with van der Waals surface area (Å²) in [6, 6.07) is -0.103. The highest BCUT2D eigenvalue weighted by molar-refractivity contribution is 5.76. The Morgan fingerprint density at radius 2 is 2.06 bits per heavy atom. The highest BCUT2D eigenvalue weighted by atomic mass is 16.3. The molecule has 4 heteroatoms. The van der Waals surface area contributed by atoms with Gasteiger partial charge < -0.3 is 15.7 Å². The number of nitrogens with one attached hydrogen (secondary N) is 2. The van der Waals surface area contributed by atoms with Crippen molar-refractivity contribution in [2.75, 3.05) is 19.7 Å². The summed E-state index contributed by atoms with van der Waals surface area (Å²) in [7, 11) is 0. The minimum atomic E-state index is -0.103. The zero-order valence-electron chi connectivity index (χ0n) is 10.3. The van der Waals surface area contributed by atoms with E-state index in [0.717, 1.165) is 25.9 Å². The van der Waals surface area contributed by atoms with E-state index in [2.05, 4.69) is 10.6 Å². The Bertz CT molecular complexity index is 213. The molecule has 3 N–H and O–H groups in total. The fraction of sp³-hybridized carbons (Fsp3) is 0.917. The maximum absolute atomic E-state index is 11.7. The van der Waals surface area contributed by atoms with Gasteiger partial charge in [0.1, 0.15) is 0 Å². The molecule has 0 radical (unpaired) electrons. The van der Waals surface area contributed by atoms with Crippen molar-refractivity contribution in [3.63, 3.8) is 0 Å². The summed E-state index contributed by atoms with van der Waals surface area (Å²) >= 11 is 0. The molecule has 0 aromatic heterocycles. The van der Waals surface area contributed by atoms with E-state index in [1.165, 1.54) is 0 Å². The van der Waals surface area contributed by atoms with Gasteiger partial charge in [-0.05, 0) is 37.8 Å². The zero-order valence-corrected chi connectivity index (χ0v) is 10.3. The molecule has 1 amide bonds. The van der Waals surface area contributed by atoms with Crippen molar-refractivity contribution in [3.05, 3.63) is 0 Å². The lowest BCUT2D eigenvalue weighted by atomic mass is 9.94. The number of hydrogen-bond donors (Lipinski definition) is 3. The molecule has 0 aliphatic carbocycles. The first-order valence-corrected chi connectivity index (χ1v) is 6.24. The van der Waals surface area contributed by atoms with Crippen LogP contribution in [-0.2, 0) is 4.79 Å². The fourth-order valence-corrected chi connectivity index (χ4v) is 2.04. The highest BCUT2D eigenvalue weighted by Crippen LogP contribution is 2.15. The van der Waals surface area contributed by atoms with Crippen molar-refractivity contribution < 1.29 is 9.90 Å². The summed E-state index contributed by atoms with van der Waals surface area (Å²) in [6.07, 6.45) is 2.77. The Morgan fingerprint density at radius 3 is 2.56 bits per heavy atom. The molecule has 1 aliphatic rings. The van der Waals surface area contributed by atoms with Crippen LogP contribution in [0.1, 0.15) is 33.1 Å². The van der Waals surface area contributed by atoms with E-state index >= 15 is 0 Å². The van der Waals surface area contributed by atoms with E-state index in [-0.39, 0.29) is 24.5 Å². The van der Waals surface area contributed by atoms with Crippen molar-refractivity contribution in [2.24, 2.45) is 11.8 Å². The first kappa shape index (κ1) is 13.5. The van der Waals surface area contributed by atoms with E-state index in [0.29, 0.717) is 12.3 Å². The van der Waals surface area contributed by atoms with Gasteiger partial charge in [-0.3, -0.25) is 4.79 Å². The van der Waals surface area contributed by atoms with Crippen LogP contribution < -0.4 is 10.6 Å². The number of hydrogen-bond acceptors (Lipinski definition) is 3. The van der Waals surface area contributed by atoms with Crippen LogP contribution in [0.15, 0.2) is 0 Å². The van der Waals surface area contributed by atoms with Gasteiger partial charge >= 0.3 is 0 Å². The lowest BCUT2D eigenvalue weighted by Crippen LogP contribution is -2.42. The van der Waals surface area contributed by atoms with Crippen LogP contribution in [0.4, 0.5) is 0 Å². The number of carbonyl (C=O) groups is 1. The first-order chi connectivity index (χ1) is 7.63. The summed E-state index contributed by atoms with van der Waals surface area (Å²) in [5.74, 6) is 0.870. The Kier molecular flexibility index (Phi) is 5.77. The molecule has 94 valence electrons. The van der Waals surface area contributed by atoms with Gasteiger partial charge in [0.2, 0.25) is 5.91 Å². The van der Waals surface area contributed by atoms with Gasteiger partial charge in [0.05, 0.1) is 12.6 Å². The number of aliphatic hydroxyl groups is 1. The van der Waals surface area contributed by atoms with E-state index in [9.17, 15) is 4.79 Å². The SMILES string of the molecule is CC(C)C(CO)NC(=O)CC1CCNCC1. The molecule has 4 nitrogen and oxygen atoms in total. The molecule has 0 bridgehead atoms. The molecule has 1 unspecified atom stereocenters. The predicted octanol–water partition coefficient (Wildman–Crippen LogP) is 0.509. The van der Waals surface area contributed by atoms with Crippen molar-refractivity contribution in [2.45, 2.75) is 39.2 Å². The lowest BCUT2D eigenvalue weighted by Gasteiger charge is -2.24. The molecule has 16 heavy (non-hydrogen) atoms. The quantitative estimate of drug-likeness (QED) is 0.642. The average Bonchev–Trinajstić information content (AvgIpc) is 2.27. The zero-order chi connectivity index (χ0) is 12.0. The van der Waals surface area contributed by atoms with Crippen LogP contribution in [0, 0.1) is 11.8 Å². The van der Waals surface area contributed by atoms with Crippen molar-refractivity contribution in [1.29, 1.82) is 0 Å². The average molecular weight is 228 g/mol. The van der Waals surface area contributed by atoms with E-state index in [1.54, 1.807) is 0 Å². The third kappa shape index (κ3) is 4.49. The number of carbonyl (C=O) groups excluding carboxylic acids is 1. The van der Waals surface area contributed by atoms with Crippen LogP contribution in [-0.4, -0.2) is 36.8 Å². The highest BCUT2D eigenvalue weighted by Gasteiger charge is 2.19. The summed E-state index contributed by atoms with van der Waals surface area (Å²) in [5, 5.41) is 15.3. The number of piperidine rings is 1. The van der Waals surface area contributed by atoms with Crippen LogP contribution in [0.25, 0.3) is 0 Å². The molecule has 1 aliphatic heterocycles. The molecule has 1 fully saturated rings. The molecule has 1 atom stereocenters. The third-order valence-electron chi connectivity index (χ3n) is 3.28. The van der Waals surface area contributed by atoms with Crippen molar-refractivity contribution >= 4 is 5.91 Å². The molecule has 0 saturated carbocycles. The van der Waals surface area contributed by atoms with Gasteiger partial charge in [-0.2, -0.15) is 0 Å². The molecular weight excluding hydrogens is 204 g/mol. The second-order valence-electron chi connectivity index (χ2n) is 5.00. The predicted molar refractivity (Wildman–Crippen MR) is 64.1 cm³/mol. The molecule has 0 aromatic rings.